The molecule has 2 aromatic rings. The van der Waals surface area contributed by atoms with Crippen LogP contribution >= 0.6 is 0 Å². The van der Waals surface area contributed by atoms with Crippen LogP contribution in [-0.4, -0.2) is 46.0 Å². The molecule has 7 heteroatoms. The lowest BCUT2D eigenvalue weighted by Gasteiger charge is -2.33. The molecule has 0 saturated carbocycles. The van der Waals surface area contributed by atoms with Gasteiger partial charge in [0.25, 0.3) is 5.56 Å². The minimum absolute atomic E-state index is 0.0609. The standard InChI is InChI=1S/C21H28N4O3/c26-19(10-14-25-15-11-20(27)23-21(25)28)22-18-9-5-13-24(16-18)12-4-8-17-6-2-1-3-7-17/h1-3,6-7,11,15,18H,4-5,8-10,12-14,16H2,(H,22,26)(H,23,27,28)/t18-/m0/s1. The number of hydrogen-bond acceptors (Lipinski definition) is 4. The van der Waals surface area contributed by atoms with Gasteiger partial charge in [-0.3, -0.25) is 14.6 Å². The van der Waals surface area contributed by atoms with E-state index in [-0.39, 0.29) is 24.9 Å². The Kier molecular flexibility index (Phi) is 7.19. The molecule has 7 nitrogen and oxygen atoms in total. The lowest BCUT2D eigenvalue weighted by molar-refractivity contribution is -0.122. The van der Waals surface area contributed by atoms with E-state index in [4.69, 9.17) is 0 Å². The monoisotopic (exact) mass is 384 g/mol. The van der Waals surface area contributed by atoms with Gasteiger partial charge in [0.2, 0.25) is 5.91 Å². The summed E-state index contributed by atoms with van der Waals surface area (Å²) in [6.07, 6.45) is 5.89. The molecule has 1 amide bonds. The number of amides is 1. The fraction of sp³-hybridized carbons (Fsp3) is 0.476. The smallest absolute Gasteiger partial charge is 0.328 e. The molecule has 0 radical (unpaired) electrons. The van der Waals surface area contributed by atoms with E-state index in [1.165, 1.54) is 22.4 Å². The Morgan fingerprint density at radius 3 is 2.75 bits per heavy atom. The van der Waals surface area contributed by atoms with Crippen molar-refractivity contribution in [3.8, 4) is 0 Å². The molecule has 0 unspecified atom stereocenters. The molecule has 1 saturated heterocycles. The molecule has 3 rings (SSSR count). The van der Waals surface area contributed by atoms with Crippen molar-refractivity contribution in [2.45, 2.75) is 44.7 Å². The topological polar surface area (TPSA) is 87.2 Å². The highest BCUT2D eigenvalue weighted by molar-refractivity contribution is 5.76. The van der Waals surface area contributed by atoms with Gasteiger partial charge >= 0.3 is 5.69 Å². The van der Waals surface area contributed by atoms with E-state index in [0.29, 0.717) is 0 Å². The van der Waals surface area contributed by atoms with E-state index >= 15 is 0 Å². The van der Waals surface area contributed by atoms with Gasteiger partial charge in [0, 0.05) is 37.8 Å². The van der Waals surface area contributed by atoms with Gasteiger partial charge in [-0.05, 0) is 44.3 Å². The van der Waals surface area contributed by atoms with Crippen molar-refractivity contribution in [3.63, 3.8) is 0 Å². The highest BCUT2D eigenvalue weighted by atomic mass is 16.2. The number of aryl methyl sites for hydroxylation is 2. The SMILES string of the molecule is O=C(CCn1ccc(=O)[nH]c1=O)N[C@H]1CCCN(CCCc2ccccc2)C1. The number of nitrogens with zero attached hydrogens (tertiary/aromatic N) is 2. The van der Waals surface area contributed by atoms with Gasteiger partial charge < -0.3 is 14.8 Å². The van der Waals surface area contributed by atoms with Gasteiger partial charge in [-0.15, -0.1) is 0 Å². The number of nitrogens with one attached hydrogen (secondary N) is 2. The van der Waals surface area contributed by atoms with Gasteiger partial charge in [-0.2, -0.15) is 0 Å². The van der Waals surface area contributed by atoms with Crippen LogP contribution in [0.1, 0.15) is 31.2 Å². The predicted octanol–water partition coefficient (Wildman–Crippen LogP) is 1.14. The summed E-state index contributed by atoms with van der Waals surface area (Å²) in [5, 5.41) is 3.09. The first-order valence-electron chi connectivity index (χ1n) is 9.95. The summed E-state index contributed by atoms with van der Waals surface area (Å²) in [4.78, 5) is 39.6. The van der Waals surface area contributed by atoms with Crippen LogP contribution in [0.5, 0.6) is 0 Å². The van der Waals surface area contributed by atoms with Crippen molar-refractivity contribution in [1.82, 2.24) is 19.8 Å². The zero-order valence-electron chi connectivity index (χ0n) is 16.1. The molecule has 1 aromatic carbocycles. The summed E-state index contributed by atoms with van der Waals surface area (Å²) in [6, 6.07) is 11.9. The molecule has 0 spiro atoms. The average Bonchev–Trinajstić information content (AvgIpc) is 2.68. The van der Waals surface area contributed by atoms with Crippen LogP contribution < -0.4 is 16.6 Å². The lowest BCUT2D eigenvalue weighted by Crippen LogP contribution is -2.48. The summed E-state index contributed by atoms with van der Waals surface area (Å²) in [6.45, 7) is 3.25. The maximum absolute atomic E-state index is 12.3. The van der Waals surface area contributed by atoms with Gasteiger partial charge in [0.1, 0.15) is 0 Å². The minimum Gasteiger partial charge on any atom is -0.352 e. The van der Waals surface area contributed by atoms with E-state index in [1.807, 2.05) is 6.07 Å². The minimum atomic E-state index is -0.484. The third-order valence-electron chi connectivity index (χ3n) is 5.13. The first kappa shape index (κ1) is 20.1. The maximum atomic E-state index is 12.3. The molecule has 2 heterocycles. The van der Waals surface area contributed by atoms with Crippen molar-refractivity contribution in [2.24, 2.45) is 0 Å². The molecule has 1 atom stereocenters. The fourth-order valence-electron chi connectivity index (χ4n) is 3.67. The highest BCUT2D eigenvalue weighted by Gasteiger charge is 2.21. The molecule has 1 aromatic heterocycles. The van der Waals surface area contributed by atoms with Gasteiger partial charge in [-0.25, -0.2) is 4.79 Å². The predicted molar refractivity (Wildman–Crippen MR) is 108 cm³/mol. The number of benzene rings is 1. The number of aromatic amines is 1. The van der Waals surface area contributed by atoms with Gasteiger partial charge in [0.15, 0.2) is 0 Å². The second-order valence-electron chi connectivity index (χ2n) is 7.35. The van der Waals surface area contributed by atoms with E-state index in [9.17, 15) is 14.4 Å². The number of carbonyl (C=O) groups excluding carboxylic acids is 1. The summed E-state index contributed by atoms with van der Waals surface area (Å²) in [7, 11) is 0. The molecule has 1 fully saturated rings. The van der Waals surface area contributed by atoms with Crippen molar-refractivity contribution >= 4 is 5.91 Å². The molecule has 2 N–H and O–H groups in total. The van der Waals surface area contributed by atoms with Crippen LogP contribution in [0.4, 0.5) is 0 Å². The van der Waals surface area contributed by atoms with Crippen LogP contribution in [0.15, 0.2) is 52.2 Å². The van der Waals surface area contributed by atoms with E-state index < -0.39 is 11.2 Å². The quantitative estimate of drug-likeness (QED) is 0.715. The first-order valence-corrected chi connectivity index (χ1v) is 9.95. The third kappa shape index (κ3) is 6.20. The maximum Gasteiger partial charge on any atom is 0.328 e. The fourth-order valence-corrected chi connectivity index (χ4v) is 3.67. The Labute approximate surface area is 164 Å². The normalized spacial score (nSPS) is 17.4. The molecular formula is C21H28N4O3. The van der Waals surface area contributed by atoms with Crippen LogP contribution in [-0.2, 0) is 17.8 Å². The summed E-state index contributed by atoms with van der Waals surface area (Å²) >= 11 is 0. The molecule has 1 aliphatic heterocycles. The molecule has 1 aliphatic rings. The Balaban J connectivity index is 1.39. The first-order chi connectivity index (χ1) is 13.6. The Morgan fingerprint density at radius 2 is 1.96 bits per heavy atom. The number of H-pyrrole nitrogens is 1. The Bertz CT molecular complexity index is 875. The number of aromatic nitrogens is 2. The number of carbonyl (C=O) groups is 1. The summed E-state index contributed by atoms with van der Waals surface area (Å²) in [5.41, 5.74) is 0.449. The number of hydrogen-bond donors (Lipinski definition) is 2. The van der Waals surface area contributed by atoms with E-state index in [1.54, 1.807) is 0 Å². The zero-order chi connectivity index (χ0) is 19.8. The zero-order valence-corrected chi connectivity index (χ0v) is 16.1. The van der Waals surface area contributed by atoms with Gasteiger partial charge in [-0.1, -0.05) is 30.3 Å². The average molecular weight is 384 g/mol. The summed E-state index contributed by atoms with van der Waals surface area (Å²) in [5.74, 6) is -0.0609. The number of piperidine rings is 1. The van der Waals surface area contributed by atoms with E-state index in [0.717, 1.165) is 45.3 Å². The lowest BCUT2D eigenvalue weighted by atomic mass is 10.0. The van der Waals surface area contributed by atoms with Crippen molar-refractivity contribution in [2.75, 3.05) is 19.6 Å². The molecule has 150 valence electrons. The highest BCUT2D eigenvalue weighted by Crippen LogP contribution is 2.12. The van der Waals surface area contributed by atoms with Crippen LogP contribution in [0, 0.1) is 0 Å². The van der Waals surface area contributed by atoms with Crippen molar-refractivity contribution in [3.05, 3.63) is 69.0 Å². The van der Waals surface area contributed by atoms with Crippen LogP contribution in [0.2, 0.25) is 0 Å². The molecular weight excluding hydrogens is 356 g/mol. The second-order valence-corrected chi connectivity index (χ2v) is 7.35. The Morgan fingerprint density at radius 1 is 1.14 bits per heavy atom. The van der Waals surface area contributed by atoms with Gasteiger partial charge in [0.05, 0.1) is 0 Å². The molecule has 0 aliphatic carbocycles. The van der Waals surface area contributed by atoms with E-state index in [2.05, 4.69) is 39.5 Å². The molecule has 0 bridgehead atoms. The largest absolute Gasteiger partial charge is 0.352 e. The molecule has 28 heavy (non-hydrogen) atoms. The van der Waals surface area contributed by atoms with Crippen molar-refractivity contribution in [1.29, 1.82) is 0 Å². The number of likely N-dealkylation sites (tertiary alicyclic amines) is 1. The Hall–Kier alpha value is -2.67. The van der Waals surface area contributed by atoms with Crippen LogP contribution in [0.25, 0.3) is 0 Å². The second kappa shape index (κ2) is 10.0. The van der Waals surface area contributed by atoms with Crippen LogP contribution in [0.3, 0.4) is 0 Å². The number of rotatable bonds is 8. The summed E-state index contributed by atoms with van der Waals surface area (Å²) < 4.78 is 1.34. The third-order valence-corrected chi connectivity index (χ3v) is 5.13. The van der Waals surface area contributed by atoms with Crippen molar-refractivity contribution < 1.29 is 4.79 Å².